The average Bonchev–Trinajstić information content (AvgIpc) is 3.27. The van der Waals surface area contributed by atoms with Crippen LogP contribution >= 0.6 is 0 Å². The van der Waals surface area contributed by atoms with Crippen molar-refractivity contribution in [3.8, 4) is 0 Å². The molecule has 6 nitrogen and oxygen atoms in total. The van der Waals surface area contributed by atoms with E-state index in [0.29, 0.717) is 36.3 Å². The van der Waals surface area contributed by atoms with E-state index in [2.05, 4.69) is 4.90 Å². The Kier molecular flexibility index (Phi) is 6.40. The summed E-state index contributed by atoms with van der Waals surface area (Å²) in [5.74, 6) is -0.638. The summed E-state index contributed by atoms with van der Waals surface area (Å²) in [7, 11) is 0. The Bertz CT molecular complexity index is 1050. The van der Waals surface area contributed by atoms with Crippen molar-refractivity contribution in [2.75, 3.05) is 19.8 Å². The summed E-state index contributed by atoms with van der Waals surface area (Å²) in [6.07, 6.45) is 2.52. The molecule has 2 aliphatic heterocycles. The third-order valence-corrected chi connectivity index (χ3v) is 5.96. The first-order valence-electron chi connectivity index (χ1n) is 11.1. The van der Waals surface area contributed by atoms with Crippen LogP contribution in [0, 0.1) is 0 Å². The van der Waals surface area contributed by atoms with Crippen molar-refractivity contribution in [2.45, 2.75) is 39.2 Å². The highest BCUT2D eigenvalue weighted by Gasteiger charge is 2.37. The van der Waals surface area contributed by atoms with Crippen LogP contribution in [0.25, 0.3) is 11.3 Å². The van der Waals surface area contributed by atoms with E-state index in [1.165, 1.54) is 0 Å². The van der Waals surface area contributed by atoms with Gasteiger partial charge in [0.05, 0.1) is 30.0 Å². The van der Waals surface area contributed by atoms with E-state index in [1.807, 2.05) is 24.3 Å². The Labute approximate surface area is 187 Å². The van der Waals surface area contributed by atoms with Crippen molar-refractivity contribution in [1.82, 2.24) is 4.90 Å². The van der Waals surface area contributed by atoms with Gasteiger partial charge in [-0.1, -0.05) is 24.3 Å². The number of hydrogen-bond acceptors (Lipinski definition) is 6. The topological polar surface area (TPSA) is 72.9 Å². The Morgan fingerprint density at radius 3 is 1.94 bits per heavy atom. The number of esters is 2. The molecule has 166 valence electrons. The van der Waals surface area contributed by atoms with Gasteiger partial charge in [0, 0.05) is 24.6 Å². The number of carbonyl (C=O) groups is 3. The Hall–Kier alpha value is -3.41. The Morgan fingerprint density at radius 1 is 0.875 bits per heavy atom. The second kappa shape index (κ2) is 9.39. The molecule has 2 aromatic rings. The molecule has 1 atom stereocenters. The van der Waals surface area contributed by atoms with Gasteiger partial charge in [0.2, 0.25) is 0 Å². The van der Waals surface area contributed by atoms with E-state index in [4.69, 9.17) is 9.47 Å². The lowest BCUT2D eigenvalue weighted by molar-refractivity contribution is -0.114. The highest BCUT2D eigenvalue weighted by atomic mass is 16.5. The Morgan fingerprint density at radius 2 is 1.41 bits per heavy atom. The van der Waals surface area contributed by atoms with E-state index >= 15 is 0 Å². The van der Waals surface area contributed by atoms with Gasteiger partial charge < -0.3 is 14.4 Å². The maximum atomic E-state index is 13.3. The van der Waals surface area contributed by atoms with Gasteiger partial charge in [-0.15, -0.1) is 0 Å². The van der Waals surface area contributed by atoms with Crippen LogP contribution in [0.3, 0.4) is 0 Å². The van der Waals surface area contributed by atoms with Gasteiger partial charge in [0.15, 0.2) is 5.78 Å². The molecule has 0 radical (unpaired) electrons. The molecular weight excluding hydrogens is 406 g/mol. The minimum atomic E-state index is -0.377. The van der Waals surface area contributed by atoms with Crippen molar-refractivity contribution >= 4 is 29.0 Å². The van der Waals surface area contributed by atoms with Gasteiger partial charge in [-0.25, -0.2) is 9.59 Å². The molecule has 2 aliphatic rings. The molecule has 6 heteroatoms. The van der Waals surface area contributed by atoms with Crippen LogP contribution < -0.4 is 0 Å². The van der Waals surface area contributed by atoms with Crippen molar-refractivity contribution in [3.63, 3.8) is 0 Å². The van der Waals surface area contributed by atoms with Gasteiger partial charge in [0.1, 0.15) is 0 Å². The average molecular weight is 434 g/mol. The molecule has 0 spiro atoms. The van der Waals surface area contributed by atoms with Gasteiger partial charge in [-0.3, -0.25) is 4.79 Å². The zero-order valence-corrected chi connectivity index (χ0v) is 18.4. The normalized spacial score (nSPS) is 17.9. The van der Waals surface area contributed by atoms with Crippen molar-refractivity contribution < 1.29 is 23.9 Å². The van der Waals surface area contributed by atoms with Gasteiger partial charge >= 0.3 is 11.9 Å². The van der Waals surface area contributed by atoms with E-state index in [9.17, 15) is 14.4 Å². The molecule has 1 saturated heterocycles. The highest BCUT2D eigenvalue weighted by Crippen LogP contribution is 2.41. The summed E-state index contributed by atoms with van der Waals surface area (Å²) >= 11 is 0. The van der Waals surface area contributed by atoms with Crippen LogP contribution in [-0.2, 0) is 14.3 Å². The Balaban J connectivity index is 1.77. The number of hydrogen-bond donors (Lipinski definition) is 0. The summed E-state index contributed by atoms with van der Waals surface area (Å²) in [6.45, 7) is 5.06. The maximum Gasteiger partial charge on any atom is 0.338 e. The lowest BCUT2D eigenvalue weighted by Gasteiger charge is -2.35. The maximum absolute atomic E-state index is 13.3. The first-order chi connectivity index (χ1) is 15.5. The number of carbonyl (C=O) groups excluding carboxylic acids is 3. The summed E-state index contributed by atoms with van der Waals surface area (Å²) in [4.78, 5) is 39.6. The summed E-state index contributed by atoms with van der Waals surface area (Å²) in [6, 6.07) is 14.5. The number of nitrogens with zero attached hydrogens (tertiary/aromatic N) is 1. The minimum absolute atomic E-state index is 0.0986. The molecule has 0 saturated carbocycles. The summed E-state index contributed by atoms with van der Waals surface area (Å²) < 4.78 is 10.2. The van der Waals surface area contributed by atoms with Gasteiger partial charge in [0.25, 0.3) is 0 Å². The van der Waals surface area contributed by atoms with Crippen LogP contribution in [0.1, 0.15) is 65.0 Å². The fourth-order valence-corrected chi connectivity index (χ4v) is 4.51. The standard InChI is InChI=1S/C26H27NO5/c1-3-31-25(29)19-11-7-17(8-12-19)23-22(28)16-21-6-5-15-27(21)24(23)18-9-13-20(14-10-18)26(30)32-4-2/h7-14,21H,3-6,15-16H2,1-2H3/t21-/m1/s1. The number of benzene rings is 2. The van der Waals surface area contributed by atoms with Crippen molar-refractivity contribution in [2.24, 2.45) is 0 Å². The van der Waals surface area contributed by atoms with Gasteiger partial charge in [-0.2, -0.15) is 0 Å². The molecule has 0 bridgehead atoms. The molecule has 0 aromatic heterocycles. The number of allylic oxidation sites excluding steroid dienone is 1. The number of ether oxygens (including phenoxy) is 2. The van der Waals surface area contributed by atoms with E-state index in [0.717, 1.165) is 36.2 Å². The molecule has 0 unspecified atom stereocenters. The molecule has 32 heavy (non-hydrogen) atoms. The van der Waals surface area contributed by atoms with E-state index in [1.54, 1.807) is 38.1 Å². The molecule has 0 N–H and O–H groups in total. The third kappa shape index (κ3) is 4.17. The molecule has 0 amide bonds. The molecule has 1 fully saturated rings. The quantitative estimate of drug-likeness (QED) is 0.631. The number of Topliss-reactive ketones (excluding diaryl/α,β-unsaturated/α-hetero) is 1. The lowest BCUT2D eigenvalue weighted by Crippen LogP contribution is -2.36. The first kappa shape index (κ1) is 21.8. The zero-order chi connectivity index (χ0) is 22.7. The van der Waals surface area contributed by atoms with E-state index in [-0.39, 0.29) is 23.8 Å². The fraction of sp³-hybridized carbons (Fsp3) is 0.346. The third-order valence-electron chi connectivity index (χ3n) is 5.96. The van der Waals surface area contributed by atoms with Crippen LogP contribution in [-0.4, -0.2) is 48.4 Å². The largest absolute Gasteiger partial charge is 0.462 e. The van der Waals surface area contributed by atoms with Crippen molar-refractivity contribution in [1.29, 1.82) is 0 Å². The predicted octanol–water partition coefficient (Wildman–Crippen LogP) is 4.35. The molecule has 0 aliphatic carbocycles. The zero-order valence-electron chi connectivity index (χ0n) is 18.4. The lowest BCUT2D eigenvalue weighted by atomic mass is 9.87. The smallest absolute Gasteiger partial charge is 0.338 e. The number of ketones is 1. The summed E-state index contributed by atoms with van der Waals surface area (Å²) in [5, 5.41) is 0. The van der Waals surface area contributed by atoms with Crippen LogP contribution in [0.15, 0.2) is 48.5 Å². The monoisotopic (exact) mass is 433 g/mol. The van der Waals surface area contributed by atoms with Crippen LogP contribution in [0.5, 0.6) is 0 Å². The predicted molar refractivity (Wildman–Crippen MR) is 121 cm³/mol. The van der Waals surface area contributed by atoms with Crippen LogP contribution in [0.2, 0.25) is 0 Å². The highest BCUT2D eigenvalue weighted by molar-refractivity contribution is 6.29. The fourth-order valence-electron chi connectivity index (χ4n) is 4.51. The van der Waals surface area contributed by atoms with Gasteiger partial charge in [-0.05, 0) is 62.1 Å². The number of rotatable bonds is 6. The van der Waals surface area contributed by atoms with E-state index < -0.39 is 0 Å². The summed E-state index contributed by atoms with van der Waals surface area (Å²) in [5.41, 5.74) is 4.15. The minimum Gasteiger partial charge on any atom is -0.462 e. The second-order valence-electron chi connectivity index (χ2n) is 7.94. The number of fused-ring (bicyclic) bond motifs is 1. The molecule has 2 aromatic carbocycles. The molecular formula is C26H27NO5. The second-order valence-corrected chi connectivity index (χ2v) is 7.94. The first-order valence-corrected chi connectivity index (χ1v) is 11.1. The molecule has 4 rings (SSSR count). The van der Waals surface area contributed by atoms with Crippen molar-refractivity contribution in [3.05, 3.63) is 70.8 Å². The van der Waals surface area contributed by atoms with Crippen LogP contribution in [0.4, 0.5) is 0 Å². The SMILES string of the molecule is CCOC(=O)c1ccc(C2=C(c3ccc(C(=O)OCC)cc3)N3CCC[C@@H]3CC2=O)cc1. The molecule has 2 heterocycles.